The fourth-order valence-corrected chi connectivity index (χ4v) is 3.34. The van der Waals surface area contributed by atoms with Crippen LogP contribution >= 0.6 is 11.3 Å². The number of carbonyl (C=O) groups excluding carboxylic acids is 1. The molecule has 110 valence electrons. The van der Waals surface area contributed by atoms with Gasteiger partial charge in [0.25, 0.3) is 0 Å². The Morgan fingerprint density at radius 3 is 2.90 bits per heavy atom. The highest BCUT2D eigenvalue weighted by Gasteiger charge is 2.17. The summed E-state index contributed by atoms with van der Waals surface area (Å²) in [5.74, 6) is -0.0551. The standard InChI is InChI=1S/C14H16N4O2S/c1-20-13(19)10-7-6-8(15)12(16-10)18-14-17-9-4-2-3-5-11(9)21-14/h6-7H,2-5,15H2,1H3,(H,16,17,18). The van der Waals surface area contributed by atoms with Gasteiger partial charge in [0, 0.05) is 4.88 Å². The number of thiazole rings is 1. The van der Waals surface area contributed by atoms with Gasteiger partial charge in [0.1, 0.15) is 0 Å². The van der Waals surface area contributed by atoms with E-state index in [-0.39, 0.29) is 5.69 Å². The van der Waals surface area contributed by atoms with Crippen molar-refractivity contribution in [1.82, 2.24) is 9.97 Å². The Balaban J connectivity index is 1.87. The minimum Gasteiger partial charge on any atom is -0.464 e. The van der Waals surface area contributed by atoms with Crippen molar-refractivity contribution in [2.75, 3.05) is 18.2 Å². The largest absolute Gasteiger partial charge is 0.464 e. The molecule has 1 aliphatic carbocycles. The zero-order chi connectivity index (χ0) is 14.8. The molecule has 0 spiro atoms. The zero-order valence-corrected chi connectivity index (χ0v) is 12.5. The summed E-state index contributed by atoms with van der Waals surface area (Å²) in [7, 11) is 1.32. The molecular formula is C14H16N4O2S. The lowest BCUT2D eigenvalue weighted by molar-refractivity contribution is 0.0594. The van der Waals surface area contributed by atoms with Gasteiger partial charge in [-0.2, -0.15) is 0 Å². The number of nitrogen functional groups attached to an aromatic ring is 1. The van der Waals surface area contributed by atoms with E-state index in [9.17, 15) is 4.79 Å². The molecular weight excluding hydrogens is 288 g/mol. The third-order valence-corrected chi connectivity index (χ3v) is 4.46. The lowest BCUT2D eigenvalue weighted by atomic mass is 10.0. The minimum atomic E-state index is -0.489. The van der Waals surface area contributed by atoms with Gasteiger partial charge in [-0.3, -0.25) is 0 Å². The monoisotopic (exact) mass is 304 g/mol. The first-order valence-electron chi connectivity index (χ1n) is 6.78. The number of anilines is 3. The molecule has 0 fully saturated rings. The second-order valence-electron chi connectivity index (χ2n) is 4.85. The number of methoxy groups -OCH3 is 1. The fraction of sp³-hybridized carbons (Fsp3) is 0.357. The van der Waals surface area contributed by atoms with Crippen LogP contribution in [0.1, 0.15) is 33.9 Å². The summed E-state index contributed by atoms with van der Waals surface area (Å²) in [5.41, 5.74) is 7.75. The van der Waals surface area contributed by atoms with E-state index in [4.69, 9.17) is 5.73 Å². The number of fused-ring (bicyclic) bond motifs is 1. The van der Waals surface area contributed by atoms with E-state index in [0.717, 1.165) is 23.7 Å². The highest BCUT2D eigenvalue weighted by atomic mass is 32.1. The summed E-state index contributed by atoms with van der Waals surface area (Å²) in [6.45, 7) is 0. The topological polar surface area (TPSA) is 90.1 Å². The highest BCUT2D eigenvalue weighted by Crippen LogP contribution is 2.32. The van der Waals surface area contributed by atoms with E-state index >= 15 is 0 Å². The molecule has 3 N–H and O–H groups in total. The van der Waals surface area contributed by atoms with Crippen LogP contribution in [0.25, 0.3) is 0 Å². The summed E-state index contributed by atoms with van der Waals surface area (Å²) < 4.78 is 4.66. The van der Waals surface area contributed by atoms with Crippen LogP contribution in [0.15, 0.2) is 12.1 Å². The number of rotatable bonds is 3. The SMILES string of the molecule is COC(=O)c1ccc(N)c(Nc2nc3c(s2)CCCC3)n1. The maximum atomic E-state index is 11.5. The normalized spacial score (nSPS) is 13.6. The Morgan fingerprint density at radius 1 is 1.33 bits per heavy atom. The van der Waals surface area contributed by atoms with E-state index < -0.39 is 5.97 Å². The molecule has 0 saturated heterocycles. The summed E-state index contributed by atoms with van der Waals surface area (Å²) in [6.07, 6.45) is 4.51. The molecule has 2 aromatic rings. The third-order valence-electron chi connectivity index (χ3n) is 3.39. The Labute approximate surface area is 126 Å². The summed E-state index contributed by atoms with van der Waals surface area (Å²) in [6, 6.07) is 3.17. The smallest absolute Gasteiger partial charge is 0.356 e. The Bertz CT molecular complexity index is 660. The molecule has 7 heteroatoms. The highest BCUT2D eigenvalue weighted by molar-refractivity contribution is 7.15. The molecule has 1 aliphatic rings. The van der Waals surface area contributed by atoms with Gasteiger partial charge in [-0.15, -0.1) is 11.3 Å². The third kappa shape index (κ3) is 2.82. The number of aryl methyl sites for hydroxylation is 2. The van der Waals surface area contributed by atoms with Gasteiger partial charge in [0.2, 0.25) is 0 Å². The number of nitrogens with one attached hydrogen (secondary N) is 1. The summed E-state index contributed by atoms with van der Waals surface area (Å²) in [5, 5.41) is 3.88. The minimum absolute atomic E-state index is 0.218. The molecule has 3 rings (SSSR count). The summed E-state index contributed by atoms with van der Waals surface area (Å²) in [4.78, 5) is 21.6. The van der Waals surface area contributed by atoms with Crippen molar-refractivity contribution in [3.8, 4) is 0 Å². The molecule has 0 radical (unpaired) electrons. The van der Waals surface area contributed by atoms with Crippen LogP contribution in [-0.4, -0.2) is 23.0 Å². The van der Waals surface area contributed by atoms with Gasteiger partial charge in [0.15, 0.2) is 16.6 Å². The van der Waals surface area contributed by atoms with E-state index in [0.29, 0.717) is 11.5 Å². The van der Waals surface area contributed by atoms with E-state index in [1.165, 1.54) is 24.8 Å². The van der Waals surface area contributed by atoms with Crippen LogP contribution in [0.5, 0.6) is 0 Å². The number of hydrogen-bond donors (Lipinski definition) is 2. The molecule has 0 amide bonds. The Hall–Kier alpha value is -2.15. The van der Waals surface area contributed by atoms with Crippen LogP contribution in [0.3, 0.4) is 0 Å². The molecule has 0 unspecified atom stereocenters. The first-order chi connectivity index (χ1) is 10.2. The van der Waals surface area contributed by atoms with Crippen molar-refractivity contribution in [1.29, 1.82) is 0 Å². The number of nitrogens with zero attached hydrogens (tertiary/aromatic N) is 2. The lowest BCUT2D eigenvalue weighted by Gasteiger charge is -2.07. The quantitative estimate of drug-likeness (QED) is 0.847. The second kappa shape index (κ2) is 5.69. The average molecular weight is 304 g/mol. The number of pyridine rings is 1. The van der Waals surface area contributed by atoms with Gasteiger partial charge in [-0.05, 0) is 37.8 Å². The maximum absolute atomic E-state index is 11.5. The second-order valence-corrected chi connectivity index (χ2v) is 5.93. The Morgan fingerprint density at radius 2 is 2.14 bits per heavy atom. The number of carbonyl (C=O) groups is 1. The average Bonchev–Trinajstić information content (AvgIpc) is 2.91. The molecule has 2 heterocycles. The number of nitrogens with two attached hydrogens (primary N) is 1. The molecule has 0 atom stereocenters. The predicted molar refractivity (Wildman–Crippen MR) is 82.0 cm³/mol. The van der Waals surface area contributed by atoms with Gasteiger partial charge in [-0.25, -0.2) is 14.8 Å². The van der Waals surface area contributed by atoms with Crippen molar-refractivity contribution in [3.05, 3.63) is 28.4 Å². The molecule has 0 saturated carbocycles. The van der Waals surface area contributed by atoms with Crippen molar-refractivity contribution in [2.45, 2.75) is 25.7 Å². The first-order valence-corrected chi connectivity index (χ1v) is 7.59. The molecule has 0 aromatic carbocycles. The van der Waals surface area contributed by atoms with Crippen molar-refractivity contribution in [2.24, 2.45) is 0 Å². The summed E-state index contributed by atoms with van der Waals surface area (Å²) >= 11 is 1.62. The van der Waals surface area contributed by atoms with Crippen LogP contribution in [0, 0.1) is 0 Å². The predicted octanol–water partition coefficient (Wildman–Crippen LogP) is 2.53. The molecule has 2 aromatic heterocycles. The van der Waals surface area contributed by atoms with Gasteiger partial charge in [0.05, 0.1) is 18.5 Å². The number of esters is 1. The molecule has 0 aliphatic heterocycles. The number of hydrogen-bond acceptors (Lipinski definition) is 7. The van der Waals surface area contributed by atoms with Gasteiger partial charge >= 0.3 is 5.97 Å². The van der Waals surface area contributed by atoms with Crippen LogP contribution in [0.4, 0.5) is 16.6 Å². The van der Waals surface area contributed by atoms with Gasteiger partial charge < -0.3 is 15.8 Å². The maximum Gasteiger partial charge on any atom is 0.356 e. The lowest BCUT2D eigenvalue weighted by Crippen LogP contribution is -2.07. The van der Waals surface area contributed by atoms with Crippen molar-refractivity contribution >= 4 is 33.9 Å². The van der Waals surface area contributed by atoms with E-state index in [1.807, 2.05) is 0 Å². The molecule has 6 nitrogen and oxygen atoms in total. The van der Waals surface area contributed by atoms with Gasteiger partial charge in [-0.1, -0.05) is 0 Å². The Kier molecular flexibility index (Phi) is 3.74. The van der Waals surface area contributed by atoms with E-state index in [1.54, 1.807) is 23.5 Å². The zero-order valence-electron chi connectivity index (χ0n) is 11.7. The van der Waals surface area contributed by atoms with E-state index in [2.05, 4.69) is 20.0 Å². The van der Waals surface area contributed by atoms with Crippen molar-refractivity contribution in [3.63, 3.8) is 0 Å². The number of ether oxygens (including phenoxy) is 1. The van der Waals surface area contributed by atoms with Crippen LogP contribution < -0.4 is 11.1 Å². The molecule has 0 bridgehead atoms. The van der Waals surface area contributed by atoms with Crippen LogP contribution in [-0.2, 0) is 17.6 Å². The molecule has 21 heavy (non-hydrogen) atoms. The van der Waals surface area contributed by atoms with Crippen molar-refractivity contribution < 1.29 is 9.53 Å². The first kappa shape index (κ1) is 13.8. The number of aromatic nitrogens is 2. The fourth-order valence-electron chi connectivity index (χ4n) is 2.30. The van der Waals surface area contributed by atoms with Crippen LogP contribution in [0.2, 0.25) is 0 Å².